The molecule has 1 aromatic heterocycles. The van der Waals surface area contributed by atoms with Crippen LogP contribution < -0.4 is 9.99 Å². The first-order valence-electron chi connectivity index (χ1n) is 7.92. The molecule has 0 spiro atoms. The summed E-state index contributed by atoms with van der Waals surface area (Å²) in [7, 11) is 0. The van der Waals surface area contributed by atoms with E-state index >= 15 is 0 Å². The Balaban J connectivity index is 2.07. The molecule has 2 N–H and O–H groups in total. The summed E-state index contributed by atoms with van der Waals surface area (Å²) in [4.78, 5) is 35.2. The van der Waals surface area contributed by atoms with Crippen LogP contribution in [0.1, 0.15) is 28.9 Å². The zero-order valence-corrected chi connectivity index (χ0v) is 15.1. The van der Waals surface area contributed by atoms with Gasteiger partial charge in [0.1, 0.15) is 0 Å². The number of nitrogens with one attached hydrogen (secondary N) is 1. The molecule has 1 heterocycles. The predicted molar refractivity (Wildman–Crippen MR) is 96.5 cm³/mol. The lowest BCUT2D eigenvalue weighted by molar-refractivity contribution is -0.699. The van der Waals surface area contributed by atoms with E-state index in [-0.39, 0.29) is 12.2 Å². The molecular weight excluding hydrogens is 374 g/mol. The summed E-state index contributed by atoms with van der Waals surface area (Å²) in [5, 5.41) is 13.5. The van der Waals surface area contributed by atoms with Crippen molar-refractivity contribution in [1.29, 1.82) is 0 Å². The fourth-order valence-corrected chi connectivity index (χ4v) is 2.32. The molecule has 0 aliphatic heterocycles. The van der Waals surface area contributed by atoms with Gasteiger partial charge in [0.2, 0.25) is 0 Å². The molecule has 1 atom stereocenters. The van der Waals surface area contributed by atoms with Gasteiger partial charge in [0.05, 0.1) is 18.4 Å². The minimum absolute atomic E-state index is 0.0626. The summed E-state index contributed by atoms with van der Waals surface area (Å²) in [6.45, 7) is 1.64. The molecule has 140 valence electrons. The monoisotopic (exact) mass is 390 g/mol. The van der Waals surface area contributed by atoms with Gasteiger partial charge in [-0.15, -0.1) is 0 Å². The van der Waals surface area contributed by atoms with E-state index in [9.17, 15) is 19.5 Å². The highest BCUT2D eigenvalue weighted by Gasteiger charge is 2.37. The van der Waals surface area contributed by atoms with E-state index in [2.05, 4.69) is 10.5 Å². The lowest BCUT2D eigenvalue weighted by atomic mass is 10.2. The van der Waals surface area contributed by atoms with Crippen molar-refractivity contribution < 1.29 is 28.8 Å². The van der Waals surface area contributed by atoms with Crippen molar-refractivity contribution in [1.82, 2.24) is 5.43 Å². The van der Waals surface area contributed by atoms with Gasteiger partial charge in [-0.25, -0.2) is 15.0 Å². The molecule has 2 aromatic rings. The van der Waals surface area contributed by atoms with E-state index in [1.165, 1.54) is 30.7 Å². The first-order chi connectivity index (χ1) is 12.9. The van der Waals surface area contributed by atoms with Crippen LogP contribution in [0.2, 0.25) is 5.02 Å². The zero-order valence-electron chi connectivity index (χ0n) is 14.3. The van der Waals surface area contributed by atoms with Gasteiger partial charge in [0, 0.05) is 22.7 Å². The molecule has 1 unspecified atom stereocenters. The number of carboxylic acid groups (broad SMARTS) is 1. The van der Waals surface area contributed by atoms with Crippen LogP contribution in [0.3, 0.4) is 0 Å². The molecule has 27 heavy (non-hydrogen) atoms. The van der Waals surface area contributed by atoms with Crippen molar-refractivity contribution >= 4 is 35.7 Å². The van der Waals surface area contributed by atoms with Gasteiger partial charge in [0.25, 0.3) is 5.91 Å². The summed E-state index contributed by atoms with van der Waals surface area (Å²) < 4.78 is 5.90. The number of nitrogens with zero attached hydrogens (tertiary/aromatic N) is 2. The van der Waals surface area contributed by atoms with Gasteiger partial charge < -0.3 is 9.84 Å². The molecule has 1 amide bonds. The second-order valence-corrected chi connectivity index (χ2v) is 5.65. The number of hydrogen-bond acceptors (Lipinski definition) is 5. The number of benzene rings is 1. The quantitative estimate of drug-likeness (QED) is 0.245. The van der Waals surface area contributed by atoms with Gasteiger partial charge >= 0.3 is 18.0 Å². The van der Waals surface area contributed by atoms with Crippen LogP contribution in [0.25, 0.3) is 0 Å². The summed E-state index contributed by atoms with van der Waals surface area (Å²) in [6, 6.07) is 8.21. The predicted octanol–water partition coefficient (Wildman–Crippen LogP) is 1.58. The second-order valence-electron chi connectivity index (χ2n) is 5.25. The topological polar surface area (TPSA) is 109 Å². The molecule has 0 aliphatic carbocycles. The van der Waals surface area contributed by atoms with Crippen LogP contribution in [0.4, 0.5) is 0 Å². The molecule has 9 heteroatoms. The van der Waals surface area contributed by atoms with Crippen molar-refractivity contribution in [3.05, 3.63) is 64.9 Å². The maximum atomic E-state index is 12.1. The molecule has 0 fully saturated rings. The average Bonchev–Trinajstić information content (AvgIpc) is 2.64. The number of ether oxygens (including phenoxy) is 1. The highest BCUT2D eigenvalue weighted by molar-refractivity contribution is 6.33. The minimum Gasteiger partial charge on any atom is -0.476 e. The van der Waals surface area contributed by atoms with Crippen molar-refractivity contribution in [2.24, 2.45) is 5.10 Å². The molecule has 2 rings (SSSR count). The summed E-state index contributed by atoms with van der Waals surface area (Å²) in [5.41, 5.74) is 3.22. The highest BCUT2D eigenvalue weighted by atomic mass is 35.5. The molecule has 0 aliphatic rings. The summed E-state index contributed by atoms with van der Waals surface area (Å²) >= 11 is 5.98. The Hall–Kier alpha value is -3.26. The van der Waals surface area contributed by atoms with E-state index in [1.807, 2.05) is 0 Å². The van der Waals surface area contributed by atoms with Crippen molar-refractivity contribution in [3.63, 3.8) is 0 Å². The summed E-state index contributed by atoms with van der Waals surface area (Å²) in [6.07, 6.45) is 4.02. The SMILES string of the molecule is CCOC(=O)C(C(=O)O)[n+]1ccc(C(=O)N/N=C/c2ccccc2Cl)cc1. The van der Waals surface area contributed by atoms with Crippen LogP contribution in [0, 0.1) is 0 Å². The number of halogens is 1. The molecule has 0 saturated heterocycles. The number of esters is 1. The summed E-state index contributed by atoms with van der Waals surface area (Å²) in [5.74, 6) is -2.76. The van der Waals surface area contributed by atoms with Crippen LogP contribution in [0.15, 0.2) is 53.9 Å². The highest BCUT2D eigenvalue weighted by Crippen LogP contribution is 2.12. The van der Waals surface area contributed by atoms with Crippen molar-refractivity contribution in [3.8, 4) is 0 Å². The number of pyridine rings is 1. The first-order valence-corrected chi connectivity index (χ1v) is 8.30. The normalized spacial score (nSPS) is 11.8. The molecule has 0 saturated carbocycles. The van der Waals surface area contributed by atoms with Gasteiger partial charge in [-0.2, -0.15) is 9.67 Å². The van der Waals surface area contributed by atoms with Crippen LogP contribution in [0.5, 0.6) is 0 Å². The number of aromatic nitrogens is 1. The number of carbonyl (C=O) groups excluding carboxylic acids is 2. The van der Waals surface area contributed by atoms with E-state index in [0.717, 1.165) is 4.57 Å². The molecule has 8 nitrogen and oxygen atoms in total. The Morgan fingerprint density at radius 3 is 2.52 bits per heavy atom. The van der Waals surface area contributed by atoms with Crippen molar-refractivity contribution in [2.75, 3.05) is 6.61 Å². The first kappa shape index (κ1) is 20.1. The molecule has 1 aromatic carbocycles. The third-order valence-electron chi connectivity index (χ3n) is 3.43. The molecular formula is C18H17ClN3O5+. The minimum atomic E-state index is -1.53. The maximum absolute atomic E-state index is 12.1. The third-order valence-corrected chi connectivity index (χ3v) is 3.78. The van der Waals surface area contributed by atoms with Gasteiger partial charge in [-0.05, 0) is 13.0 Å². The Morgan fingerprint density at radius 2 is 1.93 bits per heavy atom. The fraction of sp³-hybridized carbons (Fsp3) is 0.167. The average molecular weight is 391 g/mol. The second kappa shape index (κ2) is 9.44. The standard InChI is InChI=1S/C18H16ClN3O5/c1-2-27-18(26)15(17(24)25)22-9-7-12(8-10-22)16(23)21-20-11-13-5-3-4-6-14(13)19/h3-11,15H,2H2,1H3,(H-,21,23,24,25)/p+1. The number of carboxylic acids is 1. The Morgan fingerprint density at radius 1 is 1.26 bits per heavy atom. The van der Waals surface area contributed by atoms with Crippen LogP contribution in [-0.2, 0) is 14.3 Å². The maximum Gasteiger partial charge on any atom is 0.388 e. The molecule has 0 radical (unpaired) electrons. The largest absolute Gasteiger partial charge is 0.476 e. The van der Waals surface area contributed by atoms with E-state index < -0.39 is 23.9 Å². The van der Waals surface area contributed by atoms with E-state index in [4.69, 9.17) is 16.3 Å². The van der Waals surface area contributed by atoms with Gasteiger partial charge in [-0.3, -0.25) is 4.79 Å². The number of carbonyl (C=O) groups is 3. The van der Waals surface area contributed by atoms with Crippen molar-refractivity contribution in [2.45, 2.75) is 13.0 Å². The smallest absolute Gasteiger partial charge is 0.388 e. The number of hydrazone groups is 1. The fourth-order valence-electron chi connectivity index (χ4n) is 2.14. The van der Waals surface area contributed by atoms with Crippen LogP contribution in [-0.4, -0.2) is 35.8 Å². The van der Waals surface area contributed by atoms with Gasteiger partial charge in [-0.1, -0.05) is 29.8 Å². The number of aliphatic carboxylic acids is 1. The lowest BCUT2D eigenvalue weighted by Crippen LogP contribution is -2.48. The number of amides is 1. The number of hydrogen-bond donors (Lipinski definition) is 2. The van der Waals surface area contributed by atoms with Crippen LogP contribution >= 0.6 is 11.6 Å². The Kier molecular flexibility index (Phi) is 7.01. The Labute approximate surface area is 160 Å². The zero-order chi connectivity index (χ0) is 19.8. The Bertz CT molecular complexity index is 868. The van der Waals surface area contributed by atoms with E-state index in [0.29, 0.717) is 10.6 Å². The lowest BCUT2D eigenvalue weighted by Gasteiger charge is -2.07. The van der Waals surface area contributed by atoms with E-state index in [1.54, 1.807) is 31.2 Å². The third kappa shape index (κ3) is 5.35. The number of rotatable bonds is 7. The molecule has 0 bridgehead atoms. The van der Waals surface area contributed by atoms with Gasteiger partial charge in [0.15, 0.2) is 12.4 Å².